The molecule has 1 heterocycles. The Bertz CT molecular complexity index is 946. The highest BCUT2D eigenvalue weighted by molar-refractivity contribution is 6.03. The van der Waals surface area contributed by atoms with E-state index in [1.807, 2.05) is 42.5 Å². The molecule has 0 aliphatic heterocycles. The van der Waals surface area contributed by atoms with Crippen molar-refractivity contribution in [3.8, 4) is 28.3 Å². The number of carbonyl (C=O) groups is 2. The smallest absolute Gasteiger partial charge is 0.303 e. The van der Waals surface area contributed by atoms with Gasteiger partial charge in [-0.05, 0) is 18.2 Å². The van der Waals surface area contributed by atoms with Crippen molar-refractivity contribution in [2.45, 2.75) is 6.92 Å². The molecule has 0 aliphatic rings. The first-order valence-electron chi connectivity index (χ1n) is 8.04. The predicted octanol–water partition coefficient (Wildman–Crippen LogP) is 3.50. The average Bonchev–Trinajstić information content (AvgIpc) is 3.16. The van der Waals surface area contributed by atoms with Crippen molar-refractivity contribution in [1.82, 2.24) is 10.2 Å². The summed E-state index contributed by atoms with van der Waals surface area (Å²) >= 11 is 0. The maximum absolute atomic E-state index is 12.4. The molecule has 26 heavy (non-hydrogen) atoms. The average molecular weight is 350 g/mol. The summed E-state index contributed by atoms with van der Waals surface area (Å²) in [4.78, 5) is 23.3. The van der Waals surface area contributed by atoms with Crippen molar-refractivity contribution in [2.75, 3.05) is 13.7 Å². The first-order valence-corrected chi connectivity index (χ1v) is 8.04. The van der Waals surface area contributed by atoms with Crippen LogP contribution < -0.4 is 4.74 Å². The fraction of sp³-hybridized carbons (Fsp3) is 0.150. The number of methoxy groups -OCH3 is 1. The van der Waals surface area contributed by atoms with Crippen LogP contribution in [0.15, 0.2) is 54.6 Å². The number of hydrogen-bond acceptors (Lipinski definition) is 5. The lowest BCUT2D eigenvalue weighted by atomic mass is 10.0. The predicted molar refractivity (Wildman–Crippen MR) is 97.0 cm³/mol. The van der Waals surface area contributed by atoms with Gasteiger partial charge in [0, 0.05) is 23.6 Å². The Labute approximate surface area is 150 Å². The van der Waals surface area contributed by atoms with Gasteiger partial charge in [0.15, 0.2) is 6.61 Å². The van der Waals surface area contributed by atoms with Gasteiger partial charge in [0.05, 0.1) is 18.5 Å². The van der Waals surface area contributed by atoms with Gasteiger partial charge in [0.1, 0.15) is 5.75 Å². The van der Waals surface area contributed by atoms with Crippen LogP contribution in [0, 0.1) is 0 Å². The molecule has 0 unspecified atom stereocenters. The molecule has 3 aromatic rings. The number of carbonyl (C=O) groups excluding carboxylic acids is 2. The van der Waals surface area contributed by atoms with E-state index in [2.05, 4.69) is 10.2 Å². The number of esters is 1. The molecule has 0 saturated heterocycles. The van der Waals surface area contributed by atoms with Crippen LogP contribution in [0.2, 0.25) is 0 Å². The fourth-order valence-corrected chi connectivity index (χ4v) is 2.60. The molecule has 0 atom stereocenters. The van der Waals surface area contributed by atoms with Gasteiger partial charge < -0.3 is 9.47 Å². The van der Waals surface area contributed by atoms with Gasteiger partial charge in [0.25, 0.3) is 0 Å². The SMILES string of the molecule is COc1cccc(-c2cc(-c3ccccc3C(=O)COC(C)=O)[nH]n2)c1. The minimum Gasteiger partial charge on any atom is -0.497 e. The number of ether oxygens (including phenoxy) is 2. The molecule has 6 heteroatoms. The maximum Gasteiger partial charge on any atom is 0.303 e. The van der Waals surface area contributed by atoms with E-state index in [1.54, 1.807) is 19.2 Å². The molecule has 0 fully saturated rings. The van der Waals surface area contributed by atoms with Crippen LogP contribution in [-0.2, 0) is 9.53 Å². The van der Waals surface area contributed by atoms with Gasteiger partial charge in [-0.2, -0.15) is 5.10 Å². The standard InChI is InChI=1S/C20H18N2O4/c1-13(23)26-12-20(24)17-9-4-3-8-16(17)19-11-18(21-22-19)14-6-5-7-15(10-14)25-2/h3-11H,12H2,1-2H3,(H,21,22). The van der Waals surface area contributed by atoms with E-state index in [0.29, 0.717) is 16.8 Å². The summed E-state index contributed by atoms with van der Waals surface area (Å²) in [7, 11) is 1.61. The minimum atomic E-state index is -0.488. The number of aromatic nitrogens is 2. The van der Waals surface area contributed by atoms with E-state index in [1.165, 1.54) is 6.92 Å². The fourth-order valence-electron chi connectivity index (χ4n) is 2.60. The number of ketones is 1. The lowest BCUT2D eigenvalue weighted by Crippen LogP contribution is -2.12. The molecule has 0 aliphatic carbocycles. The van der Waals surface area contributed by atoms with Gasteiger partial charge in [-0.25, -0.2) is 0 Å². The van der Waals surface area contributed by atoms with Crippen LogP contribution in [0.4, 0.5) is 0 Å². The molecule has 3 rings (SSSR count). The summed E-state index contributed by atoms with van der Waals surface area (Å²) in [5.74, 6) is -0.0185. The van der Waals surface area contributed by atoms with Crippen LogP contribution in [0.1, 0.15) is 17.3 Å². The highest BCUT2D eigenvalue weighted by atomic mass is 16.5. The van der Waals surface area contributed by atoms with Gasteiger partial charge in [0.2, 0.25) is 5.78 Å². The molecular weight excluding hydrogens is 332 g/mol. The maximum atomic E-state index is 12.4. The van der Waals surface area contributed by atoms with Crippen LogP contribution in [0.5, 0.6) is 5.75 Å². The molecular formula is C20H18N2O4. The summed E-state index contributed by atoms with van der Waals surface area (Å²) in [6.45, 7) is 0.984. The molecule has 0 amide bonds. The van der Waals surface area contributed by atoms with Gasteiger partial charge in [-0.1, -0.05) is 36.4 Å². The molecule has 0 saturated carbocycles. The summed E-state index contributed by atoms with van der Waals surface area (Å²) in [6, 6.07) is 16.6. The van der Waals surface area contributed by atoms with E-state index in [9.17, 15) is 9.59 Å². The number of nitrogens with one attached hydrogen (secondary N) is 1. The van der Waals surface area contributed by atoms with Crippen molar-refractivity contribution in [3.63, 3.8) is 0 Å². The lowest BCUT2D eigenvalue weighted by Gasteiger charge is -2.07. The Hall–Kier alpha value is -3.41. The van der Waals surface area contributed by atoms with Crippen molar-refractivity contribution in [2.24, 2.45) is 0 Å². The second kappa shape index (κ2) is 7.65. The summed E-state index contributed by atoms with van der Waals surface area (Å²) < 4.78 is 10.1. The number of aromatic amines is 1. The quantitative estimate of drug-likeness (QED) is 0.543. The highest BCUT2D eigenvalue weighted by Gasteiger charge is 2.16. The van der Waals surface area contributed by atoms with Crippen molar-refractivity contribution >= 4 is 11.8 Å². The zero-order valence-electron chi connectivity index (χ0n) is 14.5. The number of nitrogens with zero attached hydrogens (tertiary/aromatic N) is 1. The third kappa shape index (κ3) is 3.80. The topological polar surface area (TPSA) is 81.3 Å². The van der Waals surface area contributed by atoms with E-state index >= 15 is 0 Å². The second-order valence-corrected chi connectivity index (χ2v) is 5.65. The number of H-pyrrole nitrogens is 1. The Morgan fingerprint density at radius 2 is 1.88 bits per heavy atom. The zero-order chi connectivity index (χ0) is 18.5. The monoisotopic (exact) mass is 350 g/mol. The third-order valence-corrected chi connectivity index (χ3v) is 3.87. The highest BCUT2D eigenvalue weighted by Crippen LogP contribution is 2.28. The number of Topliss-reactive ketones (excluding diaryl/α,β-unsaturated/α-hetero) is 1. The third-order valence-electron chi connectivity index (χ3n) is 3.87. The molecule has 6 nitrogen and oxygen atoms in total. The lowest BCUT2D eigenvalue weighted by molar-refractivity contribution is -0.139. The molecule has 0 spiro atoms. The van der Waals surface area contributed by atoms with Crippen molar-refractivity contribution < 1.29 is 19.1 Å². The number of benzene rings is 2. The normalized spacial score (nSPS) is 10.4. The van der Waals surface area contributed by atoms with Crippen LogP contribution in [0.25, 0.3) is 22.5 Å². The molecule has 0 bridgehead atoms. The minimum absolute atomic E-state index is 0.270. The Balaban J connectivity index is 1.92. The molecule has 1 N–H and O–H groups in total. The zero-order valence-corrected chi connectivity index (χ0v) is 14.5. The van der Waals surface area contributed by atoms with Crippen molar-refractivity contribution in [1.29, 1.82) is 0 Å². The largest absolute Gasteiger partial charge is 0.497 e. The number of rotatable bonds is 6. The summed E-state index contributed by atoms with van der Waals surface area (Å²) in [5.41, 5.74) is 3.51. The molecule has 0 radical (unpaired) electrons. The summed E-state index contributed by atoms with van der Waals surface area (Å²) in [6.07, 6.45) is 0. The van der Waals surface area contributed by atoms with Gasteiger partial charge >= 0.3 is 5.97 Å². The van der Waals surface area contributed by atoms with Crippen LogP contribution >= 0.6 is 0 Å². The second-order valence-electron chi connectivity index (χ2n) is 5.65. The summed E-state index contributed by atoms with van der Waals surface area (Å²) in [5, 5.41) is 7.30. The first-order chi connectivity index (χ1) is 12.6. The van der Waals surface area contributed by atoms with E-state index in [0.717, 1.165) is 17.0 Å². The molecule has 1 aromatic heterocycles. The van der Waals surface area contributed by atoms with E-state index in [4.69, 9.17) is 9.47 Å². The molecule has 132 valence electrons. The van der Waals surface area contributed by atoms with Crippen molar-refractivity contribution in [3.05, 3.63) is 60.2 Å². The van der Waals surface area contributed by atoms with Crippen LogP contribution in [0.3, 0.4) is 0 Å². The van der Waals surface area contributed by atoms with Crippen LogP contribution in [-0.4, -0.2) is 35.7 Å². The Morgan fingerprint density at radius 3 is 2.65 bits per heavy atom. The molecule has 2 aromatic carbocycles. The van der Waals surface area contributed by atoms with E-state index in [-0.39, 0.29) is 12.4 Å². The Morgan fingerprint density at radius 1 is 1.08 bits per heavy atom. The Kier molecular flexibility index (Phi) is 5.12. The van der Waals surface area contributed by atoms with E-state index < -0.39 is 5.97 Å². The number of hydrogen-bond donors (Lipinski definition) is 1. The van der Waals surface area contributed by atoms with Gasteiger partial charge in [-0.15, -0.1) is 0 Å². The first kappa shape index (κ1) is 17.4. The van der Waals surface area contributed by atoms with Gasteiger partial charge in [-0.3, -0.25) is 14.7 Å².